The average Bonchev–Trinajstić information content (AvgIpc) is 2.75. The molecule has 1 aromatic heterocycles. The molecule has 1 unspecified atom stereocenters. The molecule has 0 fully saturated rings. The van der Waals surface area contributed by atoms with Crippen molar-refractivity contribution in [2.24, 2.45) is 13.0 Å². The maximum absolute atomic E-state index is 4.59. The molecule has 114 valence electrons. The molecule has 2 nitrogen and oxygen atoms in total. The predicted octanol–water partition coefficient (Wildman–Crippen LogP) is 4.85. The number of rotatable bonds is 6. The van der Waals surface area contributed by atoms with Crippen molar-refractivity contribution in [1.82, 2.24) is 9.78 Å². The highest BCUT2D eigenvalue weighted by molar-refractivity contribution is 9.10. The van der Waals surface area contributed by atoms with E-state index in [9.17, 15) is 0 Å². The summed E-state index contributed by atoms with van der Waals surface area (Å²) in [7, 11) is 2.04. The summed E-state index contributed by atoms with van der Waals surface area (Å²) in [4.78, 5) is 0. The number of aryl methyl sites for hydroxylation is 3. The Bertz CT molecular complexity index is 588. The zero-order valence-electron chi connectivity index (χ0n) is 12.9. The number of alkyl halides is 1. The second kappa shape index (κ2) is 7.59. The molecule has 21 heavy (non-hydrogen) atoms. The Morgan fingerprint density at radius 1 is 1.19 bits per heavy atom. The summed E-state index contributed by atoms with van der Waals surface area (Å²) in [5.74, 6) is 0.573. The fraction of sp³-hybridized carbons (Fsp3) is 0.471. The maximum Gasteiger partial charge on any atom is 0.0766 e. The normalized spacial score (nSPS) is 12.6. The molecule has 0 N–H and O–H groups in total. The minimum absolute atomic E-state index is 0.573. The van der Waals surface area contributed by atoms with Gasteiger partial charge in [-0.3, -0.25) is 4.68 Å². The first-order chi connectivity index (χ1) is 10.0. The van der Waals surface area contributed by atoms with Crippen LogP contribution in [0.15, 0.2) is 28.7 Å². The summed E-state index contributed by atoms with van der Waals surface area (Å²) in [5, 5.41) is 5.59. The van der Waals surface area contributed by atoms with Crippen LogP contribution in [0.1, 0.15) is 29.4 Å². The standard InChI is InChI=1S/C17H22Br2N2/c1-4-15-17(19)16(21(3)20-15)10-14(11-18)9-13-7-5-12(2)6-8-13/h5-8,14H,4,9-11H2,1-3H3. The van der Waals surface area contributed by atoms with Gasteiger partial charge >= 0.3 is 0 Å². The van der Waals surface area contributed by atoms with Crippen molar-refractivity contribution in [3.8, 4) is 0 Å². The quantitative estimate of drug-likeness (QED) is 0.619. The third kappa shape index (κ3) is 4.19. The van der Waals surface area contributed by atoms with Crippen LogP contribution in [0.4, 0.5) is 0 Å². The van der Waals surface area contributed by atoms with E-state index < -0.39 is 0 Å². The lowest BCUT2D eigenvalue weighted by Crippen LogP contribution is -2.13. The topological polar surface area (TPSA) is 17.8 Å². The lowest BCUT2D eigenvalue weighted by Gasteiger charge is -2.15. The highest BCUT2D eigenvalue weighted by atomic mass is 79.9. The summed E-state index contributed by atoms with van der Waals surface area (Å²) in [5.41, 5.74) is 5.16. The summed E-state index contributed by atoms with van der Waals surface area (Å²) < 4.78 is 3.20. The van der Waals surface area contributed by atoms with Gasteiger partial charge < -0.3 is 0 Å². The molecule has 0 spiro atoms. The molecule has 0 saturated carbocycles. The minimum atomic E-state index is 0.573. The van der Waals surface area contributed by atoms with Crippen molar-refractivity contribution in [2.45, 2.75) is 33.1 Å². The van der Waals surface area contributed by atoms with Gasteiger partial charge in [0.25, 0.3) is 0 Å². The first-order valence-electron chi connectivity index (χ1n) is 7.36. The van der Waals surface area contributed by atoms with Gasteiger partial charge in [0.2, 0.25) is 0 Å². The lowest BCUT2D eigenvalue weighted by atomic mass is 9.96. The highest BCUT2D eigenvalue weighted by Gasteiger charge is 2.17. The Hall–Kier alpha value is -0.610. The second-order valence-electron chi connectivity index (χ2n) is 5.60. The van der Waals surface area contributed by atoms with Gasteiger partial charge in [0.15, 0.2) is 0 Å². The summed E-state index contributed by atoms with van der Waals surface area (Å²) in [6, 6.07) is 8.85. The molecule has 0 saturated heterocycles. The van der Waals surface area contributed by atoms with Crippen molar-refractivity contribution >= 4 is 31.9 Å². The van der Waals surface area contributed by atoms with Gasteiger partial charge in [-0.25, -0.2) is 0 Å². The van der Waals surface area contributed by atoms with Crippen LogP contribution in [0.3, 0.4) is 0 Å². The smallest absolute Gasteiger partial charge is 0.0766 e. The fourth-order valence-corrected chi connectivity index (χ4v) is 3.79. The maximum atomic E-state index is 4.59. The molecule has 1 aromatic carbocycles. The van der Waals surface area contributed by atoms with E-state index in [0.717, 1.165) is 30.3 Å². The summed E-state index contributed by atoms with van der Waals surface area (Å²) in [6.07, 6.45) is 3.08. The van der Waals surface area contributed by atoms with E-state index in [2.05, 4.69) is 75.1 Å². The van der Waals surface area contributed by atoms with Crippen LogP contribution in [0, 0.1) is 12.8 Å². The number of benzene rings is 1. The third-order valence-electron chi connectivity index (χ3n) is 3.85. The molecule has 1 atom stereocenters. The van der Waals surface area contributed by atoms with Crippen molar-refractivity contribution in [1.29, 1.82) is 0 Å². The van der Waals surface area contributed by atoms with E-state index in [4.69, 9.17) is 0 Å². The molecule has 0 aliphatic carbocycles. The van der Waals surface area contributed by atoms with Gasteiger partial charge in [-0.2, -0.15) is 5.10 Å². The van der Waals surface area contributed by atoms with Gasteiger partial charge in [-0.15, -0.1) is 0 Å². The summed E-state index contributed by atoms with van der Waals surface area (Å²) in [6.45, 7) is 4.27. The second-order valence-corrected chi connectivity index (χ2v) is 7.04. The molecule has 0 radical (unpaired) electrons. The Morgan fingerprint density at radius 3 is 2.38 bits per heavy atom. The van der Waals surface area contributed by atoms with Crippen LogP contribution in [0.5, 0.6) is 0 Å². The number of aromatic nitrogens is 2. The Balaban J connectivity index is 2.12. The van der Waals surface area contributed by atoms with E-state index >= 15 is 0 Å². The third-order valence-corrected chi connectivity index (χ3v) is 5.68. The molecule has 0 amide bonds. The van der Waals surface area contributed by atoms with Crippen LogP contribution < -0.4 is 0 Å². The van der Waals surface area contributed by atoms with Gasteiger partial charge in [0, 0.05) is 12.4 Å². The molecule has 2 aromatic rings. The lowest BCUT2D eigenvalue weighted by molar-refractivity contribution is 0.555. The van der Waals surface area contributed by atoms with Crippen molar-refractivity contribution < 1.29 is 0 Å². The molecular formula is C17H22Br2N2. The van der Waals surface area contributed by atoms with Gasteiger partial charge in [0.05, 0.1) is 15.9 Å². The van der Waals surface area contributed by atoms with Gasteiger partial charge in [-0.1, -0.05) is 52.7 Å². The number of halogens is 2. The largest absolute Gasteiger partial charge is 0.271 e. The van der Waals surface area contributed by atoms with Crippen molar-refractivity contribution in [2.75, 3.05) is 5.33 Å². The van der Waals surface area contributed by atoms with Crippen LogP contribution in [-0.4, -0.2) is 15.1 Å². The zero-order valence-corrected chi connectivity index (χ0v) is 16.0. The molecule has 0 aliphatic heterocycles. The van der Waals surface area contributed by atoms with E-state index in [1.165, 1.54) is 21.3 Å². The van der Waals surface area contributed by atoms with Crippen LogP contribution >= 0.6 is 31.9 Å². The van der Waals surface area contributed by atoms with Crippen molar-refractivity contribution in [3.63, 3.8) is 0 Å². The molecule has 4 heteroatoms. The molecule has 1 heterocycles. The highest BCUT2D eigenvalue weighted by Crippen LogP contribution is 2.26. The minimum Gasteiger partial charge on any atom is -0.271 e. The van der Waals surface area contributed by atoms with Crippen LogP contribution in [-0.2, 0) is 26.3 Å². The molecule has 2 rings (SSSR count). The van der Waals surface area contributed by atoms with Gasteiger partial charge in [0.1, 0.15) is 0 Å². The van der Waals surface area contributed by atoms with Crippen LogP contribution in [0.2, 0.25) is 0 Å². The van der Waals surface area contributed by atoms with Gasteiger partial charge in [-0.05, 0) is 53.6 Å². The zero-order chi connectivity index (χ0) is 15.4. The van der Waals surface area contributed by atoms with Crippen molar-refractivity contribution in [3.05, 3.63) is 51.3 Å². The SMILES string of the molecule is CCc1nn(C)c(CC(CBr)Cc2ccc(C)cc2)c1Br. The first-order valence-corrected chi connectivity index (χ1v) is 9.28. The average molecular weight is 414 g/mol. The number of hydrogen-bond donors (Lipinski definition) is 0. The number of nitrogens with zero attached hydrogens (tertiary/aromatic N) is 2. The Morgan fingerprint density at radius 2 is 1.86 bits per heavy atom. The van der Waals surface area contributed by atoms with E-state index in [1.54, 1.807) is 0 Å². The Labute approximate surface area is 144 Å². The monoisotopic (exact) mass is 412 g/mol. The van der Waals surface area contributed by atoms with Crippen LogP contribution in [0.25, 0.3) is 0 Å². The fourth-order valence-electron chi connectivity index (χ4n) is 2.55. The molecule has 0 aliphatic rings. The van der Waals surface area contributed by atoms with E-state index in [0.29, 0.717) is 5.92 Å². The molecular weight excluding hydrogens is 392 g/mol. The number of hydrogen-bond acceptors (Lipinski definition) is 1. The van der Waals surface area contributed by atoms with E-state index in [-0.39, 0.29) is 0 Å². The predicted molar refractivity (Wildman–Crippen MR) is 96.2 cm³/mol. The molecule has 0 bridgehead atoms. The summed E-state index contributed by atoms with van der Waals surface area (Å²) >= 11 is 7.39. The Kier molecular flexibility index (Phi) is 6.06. The van der Waals surface area contributed by atoms with E-state index in [1.807, 2.05) is 11.7 Å². The first kappa shape index (κ1) is 16.8.